The Hall–Kier alpha value is -3.02. The lowest BCUT2D eigenvalue weighted by molar-refractivity contribution is -0.119. The van der Waals surface area contributed by atoms with Crippen LogP contribution >= 0.6 is 0 Å². The van der Waals surface area contributed by atoms with Gasteiger partial charge in [-0.2, -0.15) is 5.10 Å². The van der Waals surface area contributed by atoms with E-state index in [4.69, 9.17) is 4.74 Å². The number of phenolic OH excluding ortho intramolecular Hbond substituents is 1. The SMILES string of the molecule is COc1ccc(/C=N/NC(=O)CNc2ccc(C)cc2C)cc1O. The van der Waals surface area contributed by atoms with Crippen LogP contribution in [0.25, 0.3) is 0 Å². The molecule has 2 aromatic rings. The van der Waals surface area contributed by atoms with Gasteiger partial charge < -0.3 is 15.2 Å². The molecule has 0 saturated heterocycles. The average Bonchev–Trinajstić information content (AvgIpc) is 2.54. The second kappa shape index (κ2) is 8.01. The Bertz CT molecular complexity index is 757. The maximum atomic E-state index is 11.8. The molecule has 126 valence electrons. The van der Waals surface area contributed by atoms with Crippen molar-refractivity contribution >= 4 is 17.8 Å². The highest BCUT2D eigenvalue weighted by Crippen LogP contribution is 2.25. The first-order valence-electron chi connectivity index (χ1n) is 7.49. The van der Waals surface area contributed by atoms with Gasteiger partial charge in [-0.1, -0.05) is 17.7 Å². The van der Waals surface area contributed by atoms with E-state index in [0.717, 1.165) is 11.3 Å². The summed E-state index contributed by atoms with van der Waals surface area (Å²) >= 11 is 0. The van der Waals surface area contributed by atoms with E-state index in [1.165, 1.54) is 25.0 Å². The van der Waals surface area contributed by atoms with E-state index in [9.17, 15) is 9.90 Å². The van der Waals surface area contributed by atoms with E-state index in [1.54, 1.807) is 12.1 Å². The van der Waals surface area contributed by atoms with Crippen LogP contribution in [0.15, 0.2) is 41.5 Å². The van der Waals surface area contributed by atoms with E-state index in [1.807, 2.05) is 26.0 Å². The molecule has 2 rings (SSSR count). The van der Waals surface area contributed by atoms with Gasteiger partial charge in [-0.05, 0) is 49.2 Å². The molecule has 24 heavy (non-hydrogen) atoms. The van der Waals surface area contributed by atoms with Crippen LogP contribution in [0.1, 0.15) is 16.7 Å². The predicted octanol–water partition coefficient (Wildman–Crippen LogP) is 2.58. The van der Waals surface area contributed by atoms with Crippen molar-refractivity contribution in [3.63, 3.8) is 0 Å². The number of methoxy groups -OCH3 is 1. The van der Waals surface area contributed by atoms with Crippen LogP contribution in [-0.2, 0) is 4.79 Å². The number of hydrogen-bond acceptors (Lipinski definition) is 5. The minimum Gasteiger partial charge on any atom is -0.504 e. The van der Waals surface area contributed by atoms with Gasteiger partial charge in [0.05, 0.1) is 19.9 Å². The molecule has 0 heterocycles. The number of hydrazone groups is 1. The fraction of sp³-hybridized carbons (Fsp3) is 0.222. The Morgan fingerprint density at radius 2 is 2.04 bits per heavy atom. The number of hydrogen-bond donors (Lipinski definition) is 3. The molecule has 6 heteroatoms. The number of ether oxygens (including phenoxy) is 1. The number of anilines is 1. The summed E-state index contributed by atoms with van der Waals surface area (Å²) in [5, 5.41) is 16.6. The van der Waals surface area contributed by atoms with E-state index in [-0.39, 0.29) is 18.2 Å². The lowest BCUT2D eigenvalue weighted by Crippen LogP contribution is -2.26. The number of phenols is 1. The van der Waals surface area contributed by atoms with Crippen molar-refractivity contribution in [3.8, 4) is 11.5 Å². The first-order chi connectivity index (χ1) is 11.5. The highest BCUT2D eigenvalue weighted by molar-refractivity contribution is 5.85. The third-order valence-electron chi connectivity index (χ3n) is 3.43. The van der Waals surface area contributed by atoms with Crippen molar-refractivity contribution in [3.05, 3.63) is 53.1 Å². The molecule has 0 fully saturated rings. The molecule has 0 aromatic heterocycles. The van der Waals surface area contributed by atoms with Crippen LogP contribution < -0.4 is 15.5 Å². The van der Waals surface area contributed by atoms with Gasteiger partial charge in [-0.15, -0.1) is 0 Å². The molecule has 0 unspecified atom stereocenters. The molecule has 0 spiro atoms. The Morgan fingerprint density at radius 1 is 1.25 bits per heavy atom. The van der Waals surface area contributed by atoms with Gasteiger partial charge in [0.25, 0.3) is 5.91 Å². The Labute approximate surface area is 141 Å². The van der Waals surface area contributed by atoms with Crippen molar-refractivity contribution in [2.24, 2.45) is 5.10 Å². The smallest absolute Gasteiger partial charge is 0.259 e. The maximum absolute atomic E-state index is 11.8. The monoisotopic (exact) mass is 327 g/mol. The third-order valence-corrected chi connectivity index (χ3v) is 3.43. The first kappa shape index (κ1) is 17.3. The highest BCUT2D eigenvalue weighted by Gasteiger charge is 2.03. The number of carbonyl (C=O) groups excluding carboxylic acids is 1. The average molecular weight is 327 g/mol. The first-order valence-corrected chi connectivity index (χ1v) is 7.49. The molecule has 0 aliphatic rings. The number of nitrogens with zero attached hydrogens (tertiary/aromatic N) is 1. The topological polar surface area (TPSA) is 83.0 Å². The normalized spacial score (nSPS) is 10.6. The van der Waals surface area contributed by atoms with Crippen molar-refractivity contribution in [1.82, 2.24) is 5.43 Å². The minimum absolute atomic E-state index is 0.0179. The fourth-order valence-electron chi connectivity index (χ4n) is 2.19. The summed E-state index contributed by atoms with van der Waals surface area (Å²) in [7, 11) is 1.48. The molecular formula is C18H21N3O3. The Balaban J connectivity index is 1.85. The second-order valence-corrected chi connectivity index (χ2v) is 5.40. The molecular weight excluding hydrogens is 306 g/mol. The molecule has 0 saturated carbocycles. The Morgan fingerprint density at radius 3 is 2.71 bits per heavy atom. The van der Waals surface area contributed by atoms with Crippen LogP contribution in [-0.4, -0.2) is 30.9 Å². The molecule has 2 aromatic carbocycles. The van der Waals surface area contributed by atoms with E-state index in [2.05, 4.69) is 21.9 Å². The molecule has 3 N–H and O–H groups in total. The lowest BCUT2D eigenvalue weighted by atomic mass is 10.1. The number of rotatable bonds is 6. The summed E-state index contributed by atoms with van der Waals surface area (Å²) in [5.41, 5.74) is 6.26. The van der Waals surface area contributed by atoms with Crippen LogP contribution in [0.4, 0.5) is 5.69 Å². The third kappa shape index (κ3) is 4.74. The summed E-state index contributed by atoms with van der Waals surface area (Å²) in [4.78, 5) is 11.8. The number of carbonyl (C=O) groups is 1. The van der Waals surface area contributed by atoms with Crippen LogP contribution in [0.3, 0.4) is 0 Å². The molecule has 0 aliphatic carbocycles. The van der Waals surface area contributed by atoms with Crippen LogP contribution in [0.2, 0.25) is 0 Å². The van der Waals surface area contributed by atoms with Gasteiger partial charge in [-0.3, -0.25) is 4.79 Å². The zero-order valence-electron chi connectivity index (χ0n) is 14.0. The summed E-state index contributed by atoms with van der Waals surface area (Å²) in [6, 6.07) is 10.8. The van der Waals surface area contributed by atoms with Crippen molar-refractivity contribution < 1.29 is 14.6 Å². The molecule has 0 radical (unpaired) electrons. The lowest BCUT2D eigenvalue weighted by Gasteiger charge is -2.09. The zero-order chi connectivity index (χ0) is 17.5. The van der Waals surface area contributed by atoms with E-state index < -0.39 is 0 Å². The van der Waals surface area contributed by atoms with Gasteiger partial charge in [0, 0.05) is 5.69 Å². The summed E-state index contributed by atoms with van der Waals surface area (Å²) < 4.78 is 4.96. The van der Waals surface area contributed by atoms with Gasteiger partial charge in [0.2, 0.25) is 0 Å². The second-order valence-electron chi connectivity index (χ2n) is 5.40. The summed E-state index contributed by atoms with van der Waals surface area (Å²) in [6.45, 7) is 4.13. The molecule has 1 amide bonds. The van der Waals surface area contributed by atoms with Gasteiger partial charge in [0.1, 0.15) is 0 Å². The molecule has 0 bridgehead atoms. The van der Waals surface area contributed by atoms with E-state index >= 15 is 0 Å². The number of aryl methyl sites for hydroxylation is 2. The van der Waals surface area contributed by atoms with E-state index in [0.29, 0.717) is 11.3 Å². The molecule has 6 nitrogen and oxygen atoms in total. The van der Waals surface area contributed by atoms with Gasteiger partial charge >= 0.3 is 0 Å². The predicted molar refractivity (Wildman–Crippen MR) is 94.8 cm³/mol. The van der Waals surface area contributed by atoms with Crippen molar-refractivity contribution in [2.75, 3.05) is 19.0 Å². The van der Waals surface area contributed by atoms with Crippen LogP contribution in [0, 0.1) is 13.8 Å². The fourth-order valence-corrected chi connectivity index (χ4v) is 2.19. The summed E-state index contributed by atoms with van der Waals surface area (Å²) in [6.07, 6.45) is 1.45. The van der Waals surface area contributed by atoms with Gasteiger partial charge in [0.15, 0.2) is 11.5 Å². The molecule has 0 aliphatic heterocycles. The minimum atomic E-state index is -0.260. The Kier molecular flexibility index (Phi) is 5.78. The molecule has 0 atom stereocenters. The zero-order valence-corrected chi connectivity index (χ0v) is 14.0. The highest BCUT2D eigenvalue weighted by atomic mass is 16.5. The van der Waals surface area contributed by atoms with Crippen LogP contribution in [0.5, 0.6) is 11.5 Å². The number of benzene rings is 2. The largest absolute Gasteiger partial charge is 0.504 e. The number of aromatic hydroxyl groups is 1. The van der Waals surface area contributed by atoms with Crippen molar-refractivity contribution in [2.45, 2.75) is 13.8 Å². The summed E-state index contributed by atoms with van der Waals surface area (Å²) in [5.74, 6) is 0.141. The van der Waals surface area contributed by atoms with Gasteiger partial charge in [-0.25, -0.2) is 5.43 Å². The number of nitrogens with one attached hydrogen (secondary N) is 2. The van der Waals surface area contributed by atoms with Crippen molar-refractivity contribution in [1.29, 1.82) is 0 Å². The quantitative estimate of drug-likeness (QED) is 0.562. The maximum Gasteiger partial charge on any atom is 0.259 e. The standard InChI is InChI=1S/C18H21N3O3/c1-12-4-6-15(13(2)8-12)19-11-18(23)21-20-10-14-5-7-17(24-3)16(22)9-14/h4-10,19,22H,11H2,1-3H3,(H,21,23)/b20-10+. The number of amides is 1.